The standard InChI is InChI=1S/C26H38O5/c1-14(2)9-10-25-12-18-23(5,6)17(24(7,8)31)13-26(18,22(25)30)21(29)19(20(25)28)16(27)11-15(3)4/h9,15,17-18,28,31H,10-13H2,1-8H3/t17-,18-,25?,26+/m1/s1. The molecule has 5 nitrogen and oxygen atoms in total. The molecule has 4 atom stereocenters. The maximum Gasteiger partial charge on any atom is 0.183 e. The van der Waals surface area contributed by atoms with Crippen LogP contribution in [-0.4, -0.2) is 33.2 Å². The number of ketones is 3. The van der Waals surface area contributed by atoms with Gasteiger partial charge in [0.1, 0.15) is 11.3 Å². The summed E-state index contributed by atoms with van der Waals surface area (Å²) in [5.41, 5.74) is -3.31. The molecular weight excluding hydrogens is 392 g/mol. The molecule has 2 bridgehead atoms. The number of hydrogen-bond acceptors (Lipinski definition) is 5. The Morgan fingerprint density at radius 1 is 1.19 bits per heavy atom. The van der Waals surface area contributed by atoms with Gasteiger partial charge in [-0.1, -0.05) is 39.3 Å². The summed E-state index contributed by atoms with van der Waals surface area (Å²) in [4.78, 5) is 41.1. The van der Waals surface area contributed by atoms with Gasteiger partial charge in [-0.15, -0.1) is 0 Å². The van der Waals surface area contributed by atoms with Crippen LogP contribution in [0.3, 0.4) is 0 Å². The van der Waals surface area contributed by atoms with Crippen molar-refractivity contribution in [2.75, 3.05) is 0 Å². The van der Waals surface area contributed by atoms with Crippen LogP contribution in [-0.2, 0) is 14.4 Å². The molecule has 3 rings (SSSR count). The van der Waals surface area contributed by atoms with Gasteiger partial charge in [0.05, 0.1) is 16.4 Å². The monoisotopic (exact) mass is 430 g/mol. The summed E-state index contributed by atoms with van der Waals surface area (Å²) < 4.78 is 0. The van der Waals surface area contributed by atoms with Crippen LogP contribution in [0.2, 0.25) is 0 Å². The zero-order valence-corrected chi connectivity index (χ0v) is 20.3. The molecule has 0 aromatic rings. The van der Waals surface area contributed by atoms with E-state index >= 15 is 0 Å². The van der Waals surface area contributed by atoms with Crippen molar-refractivity contribution in [2.24, 2.45) is 34.0 Å². The van der Waals surface area contributed by atoms with E-state index in [9.17, 15) is 24.6 Å². The molecule has 31 heavy (non-hydrogen) atoms. The van der Waals surface area contributed by atoms with Crippen LogP contribution in [0.1, 0.15) is 81.1 Å². The quantitative estimate of drug-likeness (QED) is 0.361. The highest BCUT2D eigenvalue weighted by molar-refractivity contribution is 6.32. The zero-order chi connectivity index (χ0) is 23.7. The summed E-state index contributed by atoms with van der Waals surface area (Å²) in [6.45, 7) is 15.1. The Kier molecular flexibility index (Phi) is 5.50. The van der Waals surface area contributed by atoms with E-state index < -0.39 is 27.6 Å². The van der Waals surface area contributed by atoms with Gasteiger partial charge >= 0.3 is 0 Å². The molecule has 0 heterocycles. The second-order valence-corrected chi connectivity index (χ2v) is 11.9. The number of hydrogen-bond donors (Lipinski definition) is 2. The molecule has 2 saturated carbocycles. The topological polar surface area (TPSA) is 91.7 Å². The Balaban J connectivity index is 2.27. The van der Waals surface area contributed by atoms with Crippen LogP contribution in [0.15, 0.2) is 23.0 Å². The Bertz CT molecular complexity index is 893. The first-order valence-corrected chi connectivity index (χ1v) is 11.5. The summed E-state index contributed by atoms with van der Waals surface area (Å²) in [6.07, 6.45) is 2.90. The molecule has 5 heteroatoms. The molecule has 0 amide bonds. The van der Waals surface area contributed by atoms with Gasteiger partial charge in [0, 0.05) is 6.42 Å². The molecule has 0 aromatic heterocycles. The van der Waals surface area contributed by atoms with E-state index in [1.165, 1.54) is 0 Å². The average Bonchev–Trinajstić information content (AvgIpc) is 2.97. The number of rotatable bonds is 6. The molecular formula is C26H38O5. The first-order valence-electron chi connectivity index (χ1n) is 11.5. The number of carbonyl (C=O) groups excluding carboxylic acids is 3. The fraction of sp³-hybridized carbons (Fsp3) is 0.731. The SMILES string of the molecule is CC(C)=CCC12C[C@@H]3C(C)(C)[C@H](C(C)(C)O)C[C@]3(C(=O)C(C(=O)CC(C)C)=C1O)C2=O. The molecule has 1 unspecified atom stereocenters. The van der Waals surface area contributed by atoms with Crippen LogP contribution >= 0.6 is 0 Å². The normalized spacial score (nSPS) is 34.4. The largest absolute Gasteiger partial charge is 0.510 e. The van der Waals surface area contributed by atoms with E-state index in [-0.39, 0.29) is 59.9 Å². The number of carbonyl (C=O) groups is 3. The maximum atomic E-state index is 14.1. The molecule has 1 spiro atoms. The van der Waals surface area contributed by atoms with E-state index in [1.807, 2.05) is 47.6 Å². The fourth-order valence-corrected chi connectivity index (χ4v) is 6.83. The number of aliphatic hydroxyl groups excluding tert-OH is 1. The van der Waals surface area contributed by atoms with Crippen LogP contribution in [0.4, 0.5) is 0 Å². The number of aliphatic hydroxyl groups is 2. The zero-order valence-electron chi connectivity index (χ0n) is 20.3. The Morgan fingerprint density at radius 2 is 1.77 bits per heavy atom. The van der Waals surface area contributed by atoms with Crippen LogP contribution in [0.25, 0.3) is 0 Å². The molecule has 172 valence electrons. The lowest BCUT2D eigenvalue weighted by atomic mass is 9.62. The third kappa shape index (κ3) is 3.18. The molecule has 0 radical (unpaired) electrons. The van der Waals surface area contributed by atoms with Crippen LogP contribution < -0.4 is 0 Å². The van der Waals surface area contributed by atoms with Crippen molar-refractivity contribution in [3.05, 3.63) is 23.0 Å². The van der Waals surface area contributed by atoms with Crippen LogP contribution in [0.5, 0.6) is 0 Å². The molecule has 0 aliphatic heterocycles. The Labute approximate surface area is 186 Å². The van der Waals surface area contributed by atoms with Crippen molar-refractivity contribution in [1.29, 1.82) is 0 Å². The Morgan fingerprint density at radius 3 is 2.26 bits per heavy atom. The molecule has 3 aliphatic rings. The van der Waals surface area contributed by atoms with Gasteiger partial charge in [0.2, 0.25) is 0 Å². The van der Waals surface area contributed by atoms with Gasteiger partial charge in [0.25, 0.3) is 0 Å². The van der Waals surface area contributed by atoms with Gasteiger partial charge < -0.3 is 10.2 Å². The summed E-state index contributed by atoms with van der Waals surface area (Å²) in [5.74, 6) is -2.06. The summed E-state index contributed by atoms with van der Waals surface area (Å²) in [7, 11) is 0. The number of allylic oxidation sites excluding steroid dienone is 4. The second kappa shape index (κ2) is 7.13. The molecule has 3 aliphatic carbocycles. The highest BCUT2D eigenvalue weighted by atomic mass is 16.3. The van der Waals surface area contributed by atoms with Crippen molar-refractivity contribution in [1.82, 2.24) is 0 Å². The first-order chi connectivity index (χ1) is 14.0. The first kappa shape index (κ1) is 23.9. The van der Waals surface area contributed by atoms with E-state index in [1.54, 1.807) is 13.8 Å². The van der Waals surface area contributed by atoms with Gasteiger partial charge in [0.15, 0.2) is 17.3 Å². The second-order valence-electron chi connectivity index (χ2n) is 11.9. The summed E-state index contributed by atoms with van der Waals surface area (Å²) in [5, 5.41) is 22.2. The average molecular weight is 431 g/mol. The minimum Gasteiger partial charge on any atom is -0.510 e. The van der Waals surface area contributed by atoms with Gasteiger partial charge in [-0.3, -0.25) is 14.4 Å². The van der Waals surface area contributed by atoms with E-state index in [2.05, 4.69) is 0 Å². The molecule has 0 saturated heterocycles. The number of Topliss-reactive ketones (excluding diaryl/α,β-unsaturated/α-hetero) is 3. The molecule has 2 N–H and O–H groups in total. The van der Waals surface area contributed by atoms with Crippen molar-refractivity contribution in [2.45, 2.75) is 86.7 Å². The summed E-state index contributed by atoms with van der Waals surface area (Å²) in [6, 6.07) is 0. The lowest BCUT2D eigenvalue weighted by Crippen LogP contribution is -2.50. The smallest absolute Gasteiger partial charge is 0.183 e. The van der Waals surface area contributed by atoms with Gasteiger partial charge in [-0.25, -0.2) is 0 Å². The third-order valence-corrected chi connectivity index (χ3v) is 8.22. The van der Waals surface area contributed by atoms with Crippen molar-refractivity contribution < 1.29 is 24.6 Å². The highest BCUT2D eigenvalue weighted by Gasteiger charge is 2.78. The minimum absolute atomic E-state index is 0.0297. The predicted molar refractivity (Wildman–Crippen MR) is 119 cm³/mol. The van der Waals surface area contributed by atoms with Crippen molar-refractivity contribution in [3.63, 3.8) is 0 Å². The van der Waals surface area contributed by atoms with E-state index in [0.29, 0.717) is 6.42 Å². The van der Waals surface area contributed by atoms with E-state index in [4.69, 9.17) is 0 Å². The fourth-order valence-electron chi connectivity index (χ4n) is 6.83. The lowest BCUT2D eigenvalue weighted by molar-refractivity contribution is -0.145. The number of fused-ring (bicyclic) bond motifs is 1. The highest BCUT2D eigenvalue weighted by Crippen LogP contribution is 2.73. The Hall–Kier alpha value is -1.75. The lowest BCUT2D eigenvalue weighted by Gasteiger charge is -2.41. The van der Waals surface area contributed by atoms with Crippen molar-refractivity contribution in [3.8, 4) is 0 Å². The third-order valence-electron chi connectivity index (χ3n) is 8.22. The maximum absolute atomic E-state index is 14.1. The van der Waals surface area contributed by atoms with Gasteiger partial charge in [-0.2, -0.15) is 0 Å². The van der Waals surface area contributed by atoms with E-state index in [0.717, 1.165) is 5.57 Å². The van der Waals surface area contributed by atoms with Gasteiger partial charge in [-0.05, 0) is 70.1 Å². The minimum atomic E-state index is -1.35. The summed E-state index contributed by atoms with van der Waals surface area (Å²) >= 11 is 0. The molecule has 2 fully saturated rings. The van der Waals surface area contributed by atoms with Crippen molar-refractivity contribution >= 4 is 17.3 Å². The molecule has 0 aromatic carbocycles. The van der Waals surface area contributed by atoms with Crippen LogP contribution in [0, 0.1) is 34.0 Å². The predicted octanol–water partition coefficient (Wildman–Crippen LogP) is 4.73.